The van der Waals surface area contributed by atoms with Gasteiger partial charge in [0.05, 0.1) is 12.2 Å². The molecule has 0 aliphatic carbocycles. The van der Waals surface area contributed by atoms with Gasteiger partial charge in [-0.05, 0) is 25.1 Å². The van der Waals surface area contributed by atoms with Gasteiger partial charge in [0.1, 0.15) is 11.6 Å². The van der Waals surface area contributed by atoms with Crippen LogP contribution in [-0.4, -0.2) is 42.3 Å². The van der Waals surface area contributed by atoms with Gasteiger partial charge in [-0.15, -0.1) is 0 Å². The van der Waals surface area contributed by atoms with Crippen LogP contribution in [0.4, 0.5) is 17.6 Å². The zero-order chi connectivity index (χ0) is 16.2. The zero-order valence-electron chi connectivity index (χ0n) is 10.7. The molecule has 0 aliphatic rings. The molecule has 1 N–H and O–H groups in total. The van der Waals surface area contributed by atoms with Crippen molar-refractivity contribution in [2.24, 2.45) is 0 Å². The summed E-state index contributed by atoms with van der Waals surface area (Å²) >= 11 is 0. The fourth-order valence-electron chi connectivity index (χ4n) is 1.37. The Hall–Kier alpha value is -1.78. The fourth-order valence-corrected chi connectivity index (χ4v) is 1.37. The van der Waals surface area contributed by atoms with E-state index in [1.54, 1.807) is 0 Å². The molecule has 0 radical (unpaired) electrons. The Labute approximate surface area is 134 Å². The number of ether oxygens (including phenoxy) is 1. The first kappa shape index (κ1) is 20.2. The van der Waals surface area contributed by atoms with Crippen LogP contribution in [-0.2, 0) is 20.5 Å². The Bertz CT molecular complexity index is 596. The monoisotopic (exact) mass is 314 g/mol. The van der Waals surface area contributed by atoms with E-state index in [1.165, 1.54) is 6.92 Å². The van der Waals surface area contributed by atoms with Crippen molar-refractivity contribution in [3.63, 3.8) is 0 Å². The number of rotatable bonds is 4. The molecule has 0 saturated carbocycles. The number of hydrogen-bond acceptors (Lipinski definition) is 4. The Morgan fingerprint density at radius 1 is 1.27 bits per heavy atom. The molecule has 4 nitrogen and oxygen atoms in total. The third-order valence-corrected chi connectivity index (χ3v) is 2.27. The van der Waals surface area contributed by atoms with Crippen LogP contribution in [0.2, 0.25) is 0 Å². The van der Waals surface area contributed by atoms with Crippen molar-refractivity contribution < 1.29 is 37.0 Å². The van der Waals surface area contributed by atoms with E-state index in [4.69, 9.17) is 0 Å². The normalized spacial score (nSPS) is 11.6. The fraction of sp³-hybridized carbons (Fsp3) is 0.231. The summed E-state index contributed by atoms with van der Waals surface area (Å²) in [6.45, 7) is 1.36. The molecule has 116 valence electrons. The summed E-state index contributed by atoms with van der Waals surface area (Å²) in [6, 6.07) is 1.29. The molecular weight excluding hydrogens is 303 g/mol. The van der Waals surface area contributed by atoms with Gasteiger partial charge in [0.2, 0.25) is 0 Å². The number of carbonyl (C=O) groups is 2. The standard InChI is InChI=1S/C13H10F4O4.Li.H/c1-2-21-12(20)11(19)6-10(18)7-3-8(13(15,16)17)5-9(14)4-7;;/h3-6,18H,2H2,1H3;;. The van der Waals surface area contributed by atoms with E-state index >= 15 is 0 Å². The number of carbonyl (C=O) groups excluding carboxylic acids is 2. The van der Waals surface area contributed by atoms with Crippen molar-refractivity contribution in [1.29, 1.82) is 0 Å². The molecule has 0 unspecified atom stereocenters. The summed E-state index contributed by atoms with van der Waals surface area (Å²) in [4.78, 5) is 22.3. The van der Waals surface area contributed by atoms with Crippen molar-refractivity contribution >= 4 is 36.4 Å². The minimum absolute atomic E-state index is 0. The van der Waals surface area contributed by atoms with E-state index < -0.39 is 40.6 Å². The molecule has 0 fully saturated rings. The molecule has 1 aromatic carbocycles. The third-order valence-electron chi connectivity index (χ3n) is 2.27. The molecule has 0 bridgehead atoms. The SMILES string of the molecule is CCOC(=O)C(=O)C=C(O)c1cc(F)cc(C(F)(F)F)c1.[LiH]. The van der Waals surface area contributed by atoms with Crippen molar-refractivity contribution in [3.8, 4) is 0 Å². The van der Waals surface area contributed by atoms with Gasteiger partial charge in [0.15, 0.2) is 0 Å². The molecule has 22 heavy (non-hydrogen) atoms. The molecule has 1 rings (SSSR count). The maximum atomic E-state index is 13.1. The number of esters is 1. The number of benzene rings is 1. The molecule has 9 heteroatoms. The van der Waals surface area contributed by atoms with Crippen LogP contribution < -0.4 is 0 Å². The van der Waals surface area contributed by atoms with E-state index in [9.17, 15) is 32.3 Å². The average Bonchev–Trinajstić information content (AvgIpc) is 2.37. The second-order valence-corrected chi connectivity index (χ2v) is 3.84. The van der Waals surface area contributed by atoms with Gasteiger partial charge in [-0.2, -0.15) is 13.2 Å². The number of aliphatic hydroxyl groups excluding tert-OH is 1. The Morgan fingerprint density at radius 2 is 1.86 bits per heavy atom. The molecular formula is C13H11F4LiO4. The molecule has 0 aliphatic heterocycles. The van der Waals surface area contributed by atoms with E-state index in [1.807, 2.05) is 0 Å². The van der Waals surface area contributed by atoms with Crippen LogP contribution in [0.25, 0.3) is 5.76 Å². The number of aliphatic hydroxyl groups is 1. The average molecular weight is 314 g/mol. The minimum atomic E-state index is -4.82. The van der Waals surface area contributed by atoms with Crippen molar-refractivity contribution in [1.82, 2.24) is 0 Å². The van der Waals surface area contributed by atoms with E-state index in [0.29, 0.717) is 18.2 Å². The van der Waals surface area contributed by atoms with Crippen molar-refractivity contribution in [2.75, 3.05) is 6.61 Å². The van der Waals surface area contributed by atoms with Crippen LogP contribution in [0, 0.1) is 5.82 Å². The van der Waals surface area contributed by atoms with Crippen LogP contribution in [0.15, 0.2) is 24.3 Å². The van der Waals surface area contributed by atoms with Gasteiger partial charge in [-0.1, -0.05) is 0 Å². The molecule has 0 aromatic heterocycles. The summed E-state index contributed by atoms with van der Waals surface area (Å²) in [5.41, 5.74) is -1.92. The van der Waals surface area contributed by atoms with Gasteiger partial charge in [-0.25, -0.2) is 9.18 Å². The first-order chi connectivity index (χ1) is 9.65. The quantitative estimate of drug-likeness (QED) is 0.231. The third kappa shape index (κ3) is 5.54. The number of ketones is 1. The second kappa shape index (κ2) is 8.01. The zero-order valence-corrected chi connectivity index (χ0v) is 10.7. The van der Waals surface area contributed by atoms with Crippen LogP contribution in [0.5, 0.6) is 0 Å². The molecule has 1 aromatic rings. The Kier molecular flexibility index (Phi) is 7.36. The molecule has 0 spiro atoms. The van der Waals surface area contributed by atoms with Crippen molar-refractivity contribution in [2.45, 2.75) is 13.1 Å². The predicted molar refractivity (Wildman–Crippen MR) is 70.8 cm³/mol. The van der Waals surface area contributed by atoms with Crippen LogP contribution in [0.1, 0.15) is 18.1 Å². The first-order valence-corrected chi connectivity index (χ1v) is 5.65. The van der Waals surface area contributed by atoms with E-state index in [2.05, 4.69) is 4.74 Å². The van der Waals surface area contributed by atoms with Gasteiger partial charge >= 0.3 is 31.0 Å². The Morgan fingerprint density at radius 3 is 2.36 bits per heavy atom. The molecule has 0 heterocycles. The summed E-state index contributed by atoms with van der Waals surface area (Å²) < 4.78 is 54.9. The van der Waals surface area contributed by atoms with Gasteiger partial charge < -0.3 is 9.84 Å². The second-order valence-electron chi connectivity index (χ2n) is 3.84. The Balaban J connectivity index is 0.00000441. The number of hydrogen-bond donors (Lipinski definition) is 1. The number of alkyl halides is 3. The summed E-state index contributed by atoms with van der Waals surface area (Å²) in [7, 11) is 0. The molecule has 0 saturated heterocycles. The summed E-state index contributed by atoms with van der Waals surface area (Å²) in [5.74, 6) is -4.77. The maximum absolute atomic E-state index is 13.1. The van der Waals surface area contributed by atoms with Gasteiger partial charge in [0, 0.05) is 11.6 Å². The van der Waals surface area contributed by atoms with Crippen LogP contribution in [0.3, 0.4) is 0 Å². The van der Waals surface area contributed by atoms with E-state index in [-0.39, 0.29) is 31.5 Å². The molecule has 0 amide bonds. The van der Waals surface area contributed by atoms with Crippen LogP contribution >= 0.6 is 0 Å². The topological polar surface area (TPSA) is 63.6 Å². The predicted octanol–water partition coefficient (Wildman–Crippen LogP) is 2.23. The summed E-state index contributed by atoms with van der Waals surface area (Å²) in [5, 5.41) is 9.52. The van der Waals surface area contributed by atoms with Crippen molar-refractivity contribution in [3.05, 3.63) is 41.2 Å². The van der Waals surface area contributed by atoms with E-state index in [0.717, 1.165) is 0 Å². The van der Waals surface area contributed by atoms with Gasteiger partial charge in [-0.3, -0.25) is 4.79 Å². The number of halogens is 4. The summed E-state index contributed by atoms with van der Waals surface area (Å²) in [6.07, 6.45) is -4.45. The first-order valence-electron chi connectivity index (χ1n) is 5.65. The molecule has 0 atom stereocenters. The van der Waals surface area contributed by atoms with Gasteiger partial charge in [0.25, 0.3) is 5.78 Å².